The van der Waals surface area contributed by atoms with Gasteiger partial charge in [-0.15, -0.1) is 10.2 Å². The molecular formula is C23H26ClN3O7S. The summed E-state index contributed by atoms with van der Waals surface area (Å²) in [6.45, 7) is 0.101. The number of benzene rings is 2. The maximum atomic E-state index is 11.6. The highest BCUT2D eigenvalue weighted by Gasteiger charge is 2.35. The van der Waals surface area contributed by atoms with E-state index in [-0.39, 0.29) is 19.6 Å². The van der Waals surface area contributed by atoms with Crippen LogP contribution in [0.4, 0.5) is 0 Å². The van der Waals surface area contributed by atoms with Crippen LogP contribution in [-0.2, 0) is 30.4 Å². The van der Waals surface area contributed by atoms with Crippen molar-refractivity contribution in [3.05, 3.63) is 64.2 Å². The number of rotatable bonds is 9. The first-order valence-corrected chi connectivity index (χ1v) is 12.9. The molecule has 10 nitrogen and oxygen atoms in total. The van der Waals surface area contributed by atoms with Crippen LogP contribution in [0.1, 0.15) is 41.4 Å². The summed E-state index contributed by atoms with van der Waals surface area (Å²) in [6.07, 6.45) is -0.138. The number of methoxy groups -OCH3 is 3. The average Bonchev–Trinajstić information content (AvgIpc) is 3.17. The Bertz CT molecular complexity index is 1310. The first kappa shape index (κ1) is 25.4. The Labute approximate surface area is 208 Å². The van der Waals surface area contributed by atoms with E-state index in [1.165, 1.54) is 0 Å². The zero-order chi connectivity index (χ0) is 25.2. The zero-order valence-corrected chi connectivity index (χ0v) is 21.3. The lowest BCUT2D eigenvalue weighted by molar-refractivity contribution is -0.00772. The van der Waals surface area contributed by atoms with E-state index in [9.17, 15) is 8.42 Å². The maximum absolute atomic E-state index is 11.6. The second-order valence-electron chi connectivity index (χ2n) is 7.85. The van der Waals surface area contributed by atoms with E-state index in [0.29, 0.717) is 33.7 Å². The molecule has 1 aromatic heterocycles. The largest absolute Gasteiger partial charge is 0.493 e. The lowest BCUT2D eigenvalue weighted by Gasteiger charge is -2.25. The van der Waals surface area contributed by atoms with E-state index < -0.39 is 22.3 Å². The predicted molar refractivity (Wildman–Crippen MR) is 128 cm³/mol. The average molecular weight is 524 g/mol. The standard InChI is InChI=1S/C23H26ClN3O7S/c1-30-13-20-25-26-23-19(10-11-33-35(4,28)29)34-21(15-6-5-7-18(31-2)22(15)32-3)16-12-14(24)8-9-17(16)27(20)23/h5-9,12,19,21H,10-11,13H2,1-4H3/t19?,21-/m0/s1. The molecule has 2 heterocycles. The maximum Gasteiger partial charge on any atom is 0.264 e. The van der Waals surface area contributed by atoms with Crippen LogP contribution in [0.2, 0.25) is 5.02 Å². The number of para-hydroxylation sites is 1. The molecule has 4 rings (SSSR count). The quantitative estimate of drug-likeness (QED) is 0.388. The van der Waals surface area contributed by atoms with E-state index >= 15 is 0 Å². The Morgan fingerprint density at radius 1 is 1.09 bits per heavy atom. The molecule has 0 fully saturated rings. The van der Waals surface area contributed by atoms with Gasteiger partial charge in [-0.25, -0.2) is 0 Å². The molecule has 0 N–H and O–H groups in total. The summed E-state index contributed by atoms with van der Waals surface area (Å²) in [5.41, 5.74) is 2.20. The molecular weight excluding hydrogens is 498 g/mol. The van der Waals surface area contributed by atoms with Crippen molar-refractivity contribution < 1.29 is 31.5 Å². The van der Waals surface area contributed by atoms with Crippen molar-refractivity contribution >= 4 is 21.7 Å². The van der Waals surface area contributed by atoms with Gasteiger partial charge in [0.2, 0.25) is 0 Å². The third kappa shape index (κ3) is 5.29. The van der Waals surface area contributed by atoms with Crippen molar-refractivity contribution in [3.8, 4) is 17.2 Å². The molecule has 12 heteroatoms. The first-order valence-electron chi connectivity index (χ1n) is 10.7. The molecule has 1 aliphatic rings. The van der Waals surface area contributed by atoms with Gasteiger partial charge in [-0.2, -0.15) is 8.42 Å². The van der Waals surface area contributed by atoms with E-state index in [0.717, 1.165) is 17.5 Å². The summed E-state index contributed by atoms with van der Waals surface area (Å²) in [5.74, 6) is 2.09. The van der Waals surface area contributed by atoms with Crippen LogP contribution in [0.25, 0.3) is 5.69 Å². The van der Waals surface area contributed by atoms with Crippen LogP contribution in [0.5, 0.6) is 11.5 Å². The van der Waals surface area contributed by atoms with E-state index in [1.54, 1.807) is 33.5 Å². The molecule has 2 atom stereocenters. The molecule has 1 unspecified atom stereocenters. The second kappa shape index (κ2) is 10.5. The normalized spacial score (nSPS) is 17.4. The van der Waals surface area contributed by atoms with Gasteiger partial charge in [-0.1, -0.05) is 23.7 Å². The lowest BCUT2D eigenvalue weighted by atomic mass is 9.98. The van der Waals surface area contributed by atoms with Crippen molar-refractivity contribution in [3.63, 3.8) is 0 Å². The molecule has 0 radical (unpaired) electrons. The van der Waals surface area contributed by atoms with Crippen LogP contribution in [0, 0.1) is 0 Å². The molecule has 1 aliphatic heterocycles. The summed E-state index contributed by atoms with van der Waals surface area (Å²) in [6, 6.07) is 11.0. The summed E-state index contributed by atoms with van der Waals surface area (Å²) in [5, 5.41) is 9.17. The van der Waals surface area contributed by atoms with E-state index in [4.69, 9.17) is 34.7 Å². The Morgan fingerprint density at radius 2 is 1.89 bits per heavy atom. The molecule has 0 bridgehead atoms. The third-order valence-corrected chi connectivity index (χ3v) is 6.35. The van der Waals surface area contributed by atoms with Crippen molar-refractivity contribution in [2.45, 2.75) is 25.2 Å². The number of fused-ring (bicyclic) bond motifs is 3. The summed E-state index contributed by atoms with van der Waals surface area (Å²) in [4.78, 5) is 0. The molecule has 0 saturated heterocycles. The number of aromatic nitrogens is 3. The number of halogens is 1. The summed E-state index contributed by atoms with van der Waals surface area (Å²) < 4.78 is 53.2. The second-order valence-corrected chi connectivity index (χ2v) is 9.93. The molecule has 35 heavy (non-hydrogen) atoms. The molecule has 0 amide bonds. The fourth-order valence-corrected chi connectivity index (χ4v) is 4.70. The minimum atomic E-state index is -3.63. The third-order valence-electron chi connectivity index (χ3n) is 5.52. The minimum Gasteiger partial charge on any atom is -0.493 e. The van der Waals surface area contributed by atoms with Crippen LogP contribution >= 0.6 is 11.6 Å². The molecule has 0 spiro atoms. The fraction of sp³-hybridized carbons (Fsp3) is 0.391. The van der Waals surface area contributed by atoms with Crippen molar-refractivity contribution in [1.82, 2.24) is 14.8 Å². The number of hydrogen-bond acceptors (Lipinski definition) is 9. The van der Waals surface area contributed by atoms with Crippen LogP contribution < -0.4 is 9.47 Å². The first-order chi connectivity index (χ1) is 16.8. The Hall–Kier alpha value is -2.70. The zero-order valence-electron chi connectivity index (χ0n) is 19.7. The summed E-state index contributed by atoms with van der Waals surface area (Å²) >= 11 is 6.42. The highest BCUT2D eigenvalue weighted by molar-refractivity contribution is 7.85. The summed E-state index contributed by atoms with van der Waals surface area (Å²) in [7, 11) is 1.05. The van der Waals surface area contributed by atoms with Gasteiger partial charge in [0.15, 0.2) is 23.1 Å². The van der Waals surface area contributed by atoms with Gasteiger partial charge >= 0.3 is 0 Å². The Morgan fingerprint density at radius 3 is 2.57 bits per heavy atom. The van der Waals surface area contributed by atoms with Gasteiger partial charge < -0.3 is 18.9 Å². The van der Waals surface area contributed by atoms with Gasteiger partial charge in [0.1, 0.15) is 18.8 Å². The minimum absolute atomic E-state index is 0.102. The smallest absolute Gasteiger partial charge is 0.264 e. The van der Waals surface area contributed by atoms with Gasteiger partial charge in [-0.05, 0) is 24.3 Å². The van der Waals surface area contributed by atoms with Crippen molar-refractivity contribution in [1.29, 1.82) is 0 Å². The van der Waals surface area contributed by atoms with Gasteiger partial charge in [0.25, 0.3) is 10.1 Å². The number of nitrogens with zero attached hydrogens (tertiary/aromatic N) is 3. The number of hydrogen-bond donors (Lipinski definition) is 0. The number of ether oxygens (including phenoxy) is 4. The topological polar surface area (TPSA) is 111 Å². The predicted octanol–water partition coefficient (Wildman–Crippen LogP) is 3.61. The molecule has 0 aliphatic carbocycles. The van der Waals surface area contributed by atoms with Crippen molar-refractivity contribution in [2.24, 2.45) is 0 Å². The highest BCUT2D eigenvalue weighted by atomic mass is 35.5. The SMILES string of the molecule is COCc1nnc2n1-c1ccc(Cl)cc1[C@H](c1cccc(OC)c1OC)OC2CCOS(C)(=O)=O. The van der Waals surface area contributed by atoms with Crippen molar-refractivity contribution in [2.75, 3.05) is 34.2 Å². The Balaban J connectivity index is 1.91. The lowest BCUT2D eigenvalue weighted by Crippen LogP contribution is -2.15. The fourth-order valence-electron chi connectivity index (χ4n) is 4.12. The van der Waals surface area contributed by atoms with Gasteiger partial charge in [0, 0.05) is 29.7 Å². The van der Waals surface area contributed by atoms with E-state index in [1.807, 2.05) is 28.8 Å². The van der Waals surface area contributed by atoms with Crippen LogP contribution in [0.15, 0.2) is 36.4 Å². The molecule has 188 valence electrons. The molecule has 2 aromatic carbocycles. The Kier molecular flexibility index (Phi) is 7.62. The van der Waals surface area contributed by atoms with Crippen LogP contribution in [-0.4, -0.2) is 57.4 Å². The highest BCUT2D eigenvalue weighted by Crippen LogP contribution is 2.46. The van der Waals surface area contributed by atoms with Gasteiger partial charge in [-0.3, -0.25) is 8.75 Å². The monoisotopic (exact) mass is 523 g/mol. The molecule has 0 saturated carbocycles. The van der Waals surface area contributed by atoms with E-state index in [2.05, 4.69) is 10.2 Å². The van der Waals surface area contributed by atoms with Crippen LogP contribution in [0.3, 0.4) is 0 Å². The van der Waals surface area contributed by atoms with Gasteiger partial charge in [0.05, 0.1) is 32.8 Å². The molecule has 3 aromatic rings.